The molecule has 0 spiro atoms. The molecule has 0 saturated heterocycles. The fourth-order valence-electron chi connectivity index (χ4n) is 1.72. The molecule has 0 radical (unpaired) electrons. The number of amides is 1. The normalized spacial score (nSPS) is 10.9. The van der Waals surface area contributed by atoms with E-state index < -0.39 is 16.6 Å². The largest absolute Gasteiger partial charge is 0.497 e. The zero-order chi connectivity index (χ0) is 14.8. The molecule has 19 heavy (non-hydrogen) atoms. The molecule has 0 aliphatic rings. The number of methoxy groups -OCH3 is 1. The van der Waals surface area contributed by atoms with Crippen LogP contribution in [-0.2, 0) is 0 Å². The minimum absolute atomic E-state index is 0.00986. The van der Waals surface area contributed by atoms with Crippen molar-refractivity contribution in [3.63, 3.8) is 0 Å². The van der Waals surface area contributed by atoms with E-state index in [1.165, 1.54) is 25.3 Å². The standard InChI is InChI=1S/C12H16N2O5/c1-12(2,3)13(11(15)16)10-7-8(19-4)5-6-9(10)14(17)18/h5-7H,1-4H3,(H,15,16). The fraction of sp³-hybridized carbons (Fsp3) is 0.417. The predicted octanol–water partition coefficient (Wildman–Crippen LogP) is 2.89. The summed E-state index contributed by atoms with van der Waals surface area (Å²) in [5, 5.41) is 20.3. The summed E-state index contributed by atoms with van der Waals surface area (Å²) in [4.78, 5) is 22.7. The number of nitro benzene ring substituents is 1. The van der Waals surface area contributed by atoms with Crippen molar-refractivity contribution < 1.29 is 19.6 Å². The van der Waals surface area contributed by atoms with Crippen LogP contribution < -0.4 is 9.64 Å². The molecule has 0 aromatic heterocycles. The van der Waals surface area contributed by atoms with Crippen LogP contribution in [0.15, 0.2) is 18.2 Å². The van der Waals surface area contributed by atoms with Crippen LogP contribution in [0.4, 0.5) is 16.2 Å². The molecule has 0 heterocycles. The van der Waals surface area contributed by atoms with Crippen LogP contribution in [0.5, 0.6) is 5.75 Å². The lowest BCUT2D eigenvalue weighted by Gasteiger charge is -2.32. The molecule has 0 aliphatic carbocycles. The Balaban J connectivity index is 3.51. The van der Waals surface area contributed by atoms with Crippen LogP contribution in [0.1, 0.15) is 20.8 Å². The Kier molecular flexibility index (Phi) is 3.98. The van der Waals surface area contributed by atoms with Gasteiger partial charge in [-0.15, -0.1) is 0 Å². The van der Waals surface area contributed by atoms with E-state index in [1.807, 2.05) is 0 Å². The van der Waals surface area contributed by atoms with Crippen LogP contribution in [0.3, 0.4) is 0 Å². The first kappa shape index (κ1) is 14.7. The van der Waals surface area contributed by atoms with Crippen LogP contribution in [-0.4, -0.2) is 28.8 Å². The molecule has 1 N–H and O–H groups in total. The van der Waals surface area contributed by atoms with Crippen molar-refractivity contribution in [1.82, 2.24) is 0 Å². The molecule has 7 nitrogen and oxygen atoms in total. The number of carboxylic acid groups (broad SMARTS) is 1. The van der Waals surface area contributed by atoms with E-state index in [2.05, 4.69) is 0 Å². The van der Waals surface area contributed by atoms with Gasteiger partial charge in [0.2, 0.25) is 0 Å². The number of ether oxygens (including phenoxy) is 1. The minimum Gasteiger partial charge on any atom is -0.497 e. The van der Waals surface area contributed by atoms with Gasteiger partial charge in [0.1, 0.15) is 11.4 Å². The second-order valence-corrected chi connectivity index (χ2v) is 4.90. The lowest BCUT2D eigenvalue weighted by atomic mass is 10.0. The highest BCUT2D eigenvalue weighted by atomic mass is 16.6. The molecular formula is C12H16N2O5. The van der Waals surface area contributed by atoms with Gasteiger partial charge in [0.25, 0.3) is 5.69 Å². The van der Waals surface area contributed by atoms with E-state index in [0.717, 1.165) is 4.90 Å². The van der Waals surface area contributed by atoms with Gasteiger partial charge in [0.05, 0.1) is 12.0 Å². The lowest BCUT2D eigenvalue weighted by molar-refractivity contribution is -0.384. The number of hydrogen-bond acceptors (Lipinski definition) is 4. The van der Waals surface area contributed by atoms with Gasteiger partial charge < -0.3 is 9.84 Å². The Labute approximate surface area is 110 Å². The Bertz CT molecular complexity index is 507. The summed E-state index contributed by atoms with van der Waals surface area (Å²) < 4.78 is 4.99. The summed E-state index contributed by atoms with van der Waals surface area (Å²) in [5.74, 6) is 0.357. The molecule has 0 bridgehead atoms. The number of anilines is 1. The second kappa shape index (κ2) is 5.13. The Hall–Kier alpha value is -2.31. The molecule has 0 unspecified atom stereocenters. The summed E-state index contributed by atoms with van der Waals surface area (Å²) in [7, 11) is 1.41. The third-order valence-electron chi connectivity index (χ3n) is 2.48. The molecule has 0 aliphatic heterocycles. The zero-order valence-electron chi connectivity index (χ0n) is 11.2. The first-order valence-corrected chi connectivity index (χ1v) is 5.54. The lowest BCUT2D eigenvalue weighted by Crippen LogP contribution is -2.45. The van der Waals surface area contributed by atoms with Gasteiger partial charge in [-0.2, -0.15) is 0 Å². The van der Waals surface area contributed by atoms with Crippen molar-refractivity contribution in [3.05, 3.63) is 28.3 Å². The van der Waals surface area contributed by atoms with E-state index >= 15 is 0 Å². The number of benzene rings is 1. The van der Waals surface area contributed by atoms with E-state index in [9.17, 15) is 20.0 Å². The smallest absolute Gasteiger partial charge is 0.412 e. The average Bonchev–Trinajstić information content (AvgIpc) is 2.26. The predicted molar refractivity (Wildman–Crippen MR) is 69.9 cm³/mol. The van der Waals surface area contributed by atoms with Gasteiger partial charge in [-0.1, -0.05) is 0 Å². The van der Waals surface area contributed by atoms with Gasteiger partial charge >= 0.3 is 6.09 Å². The molecule has 1 aromatic carbocycles. The Morgan fingerprint density at radius 1 is 1.42 bits per heavy atom. The highest BCUT2D eigenvalue weighted by Gasteiger charge is 2.33. The average molecular weight is 268 g/mol. The zero-order valence-corrected chi connectivity index (χ0v) is 11.2. The molecule has 0 fully saturated rings. The van der Waals surface area contributed by atoms with Gasteiger partial charge in [-0.3, -0.25) is 15.0 Å². The molecule has 1 aromatic rings. The van der Waals surface area contributed by atoms with Crippen molar-refractivity contribution in [2.45, 2.75) is 26.3 Å². The van der Waals surface area contributed by atoms with Crippen LogP contribution in [0.2, 0.25) is 0 Å². The van der Waals surface area contributed by atoms with Crippen molar-refractivity contribution in [2.24, 2.45) is 0 Å². The summed E-state index contributed by atoms with van der Waals surface area (Å²) in [6.07, 6.45) is -1.26. The number of hydrogen-bond donors (Lipinski definition) is 1. The van der Waals surface area contributed by atoms with Crippen LogP contribution in [0.25, 0.3) is 0 Å². The van der Waals surface area contributed by atoms with E-state index in [1.54, 1.807) is 20.8 Å². The van der Waals surface area contributed by atoms with Gasteiger partial charge in [0, 0.05) is 17.7 Å². The Morgan fingerprint density at radius 2 is 2.00 bits per heavy atom. The SMILES string of the molecule is COc1ccc([N+](=O)[O-])c(N(C(=O)O)C(C)(C)C)c1. The van der Waals surface area contributed by atoms with Crippen molar-refractivity contribution in [3.8, 4) is 5.75 Å². The van der Waals surface area contributed by atoms with Gasteiger partial charge in [0.15, 0.2) is 0 Å². The number of carbonyl (C=O) groups is 1. The van der Waals surface area contributed by atoms with Crippen molar-refractivity contribution >= 4 is 17.5 Å². The van der Waals surface area contributed by atoms with Crippen molar-refractivity contribution in [2.75, 3.05) is 12.0 Å². The highest BCUT2D eigenvalue weighted by Crippen LogP contribution is 2.35. The monoisotopic (exact) mass is 268 g/mol. The third-order valence-corrected chi connectivity index (χ3v) is 2.48. The van der Waals surface area contributed by atoms with Crippen LogP contribution >= 0.6 is 0 Å². The maximum atomic E-state index is 11.4. The second-order valence-electron chi connectivity index (χ2n) is 4.90. The van der Waals surface area contributed by atoms with Crippen molar-refractivity contribution in [1.29, 1.82) is 0 Å². The summed E-state index contributed by atoms with van der Waals surface area (Å²) >= 11 is 0. The molecule has 0 saturated carbocycles. The third kappa shape index (κ3) is 3.12. The molecule has 0 atom stereocenters. The van der Waals surface area contributed by atoms with E-state index in [0.29, 0.717) is 5.75 Å². The van der Waals surface area contributed by atoms with Gasteiger partial charge in [-0.25, -0.2) is 4.79 Å². The topological polar surface area (TPSA) is 92.9 Å². The van der Waals surface area contributed by atoms with Crippen LogP contribution in [0, 0.1) is 10.1 Å². The van der Waals surface area contributed by atoms with E-state index in [-0.39, 0.29) is 11.4 Å². The first-order chi connectivity index (χ1) is 8.68. The quantitative estimate of drug-likeness (QED) is 0.672. The summed E-state index contributed by atoms with van der Waals surface area (Å²) in [5.41, 5.74) is -1.11. The van der Waals surface area contributed by atoms with Gasteiger partial charge in [-0.05, 0) is 26.8 Å². The fourth-order valence-corrected chi connectivity index (χ4v) is 1.72. The molecule has 7 heteroatoms. The summed E-state index contributed by atoms with van der Waals surface area (Å²) in [6.45, 7) is 4.97. The first-order valence-electron chi connectivity index (χ1n) is 5.54. The highest BCUT2D eigenvalue weighted by molar-refractivity contribution is 5.91. The number of nitrogens with zero attached hydrogens (tertiary/aromatic N) is 2. The molecular weight excluding hydrogens is 252 g/mol. The molecule has 1 rings (SSSR count). The maximum absolute atomic E-state index is 11.4. The number of rotatable bonds is 3. The van der Waals surface area contributed by atoms with E-state index in [4.69, 9.17) is 4.74 Å². The molecule has 1 amide bonds. The summed E-state index contributed by atoms with van der Waals surface area (Å²) in [6, 6.07) is 4.00. The molecule has 104 valence electrons. The number of nitro groups is 1. The maximum Gasteiger partial charge on any atom is 0.412 e. The minimum atomic E-state index is -1.26. The Morgan fingerprint density at radius 3 is 2.37 bits per heavy atom.